The first-order valence-electron chi connectivity index (χ1n) is 9.62. The van der Waals surface area contributed by atoms with Gasteiger partial charge < -0.3 is 19.5 Å². The van der Waals surface area contributed by atoms with Crippen molar-refractivity contribution >= 4 is 23.3 Å². The first-order chi connectivity index (χ1) is 14.6. The third-order valence-corrected chi connectivity index (χ3v) is 4.49. The summed E-state index contributed by atoms with van der Waals surface area (Å²) < 4.78 is 15.9. The first kappa shape index (κ1) is 21.3. The van der Waals surface area contributed by atoms with Gasteiger partial charge in [-0.3, -0.25) is 19.3 Å². The SMILES string of the molecule is COCCCNC(=O)CN1C(=O)COc2ccc(C(=O)COc3ccccc3)cc21. The molecule has 1 aliphatic rings. The quantitative estimate of drug-likeness (QED) is 0.473. The molecule has 3 rings (SSSR count). The molecule has 0 bridgehead atoms. The Kier molecular flexibility index (Phi) is 7.40. The summed E-state index contributed by atoms with van der Waals surface area (Å²) >= 11 is 0. The summed E-state index contributed by atoms with van der Waals surface area (Å²) in [7, 11) is 1.59. The van der Waals surface area contributed by atoms with Gasteiger partial charge in [-0.25, -0.2) is 0 Å². The number of fused-ring (bicyclic) bond motifs is 1. The number of rotatable bonds is 10. The van der Waals surface area contributed by atoms with Crippen LogP contribution in [0.2, 0.25) is 0 Å². The van der Waals surface area contributed by atoms with Gasteiger partial charge in [0, 0.05) is 25.8 Å². The molecule has 2 amide bonds. The van der Waals surface area contributed by atoms with Crippen LogP contribution >= 0.6 is 0 Å². The van der Waals surface area contributed by atoms with Crippen LogP contribution < -0.4 is 19.7 Å². The highest BCUT2D eigenvalue weighted by Gasteiger charge is 2.28. The van der Waals surface area contributed by atoms with Gasteiger partial charge in [0.2, 0.25) is 5.91 Å². The van der Waals surface area contributed by atoms with Crippen molar-refractivity contribution in [3.8, 4) is 11.5 Å². The van der Waals surface area contributed by atoms with Gasteiger partial charge in [0.1, 0.15) is 18.0 Å². The van der Waals surface area contributed by atoms with Gasteiger partial charge >= 0.3 is 0 Å². The number of benzene rings is 2. The number of para-hydroxylation sites is 1. The lowest BCUT2D eigenvalue weighted by atomic mass is 10.1. The fourth-order valence-electron chi connectivity index (χ4n) is 2.94. The summed E-state index contributed by atoms with van der Waals surface area (Å²) in [5.41, 5.74) is 0.761. The van der Waals surface area contributed by atoms with Gasteiger partial charge in [-0.15, -0.1) is 0 Å². The standard InChI is InChI=1S/C22H24N2O6/c1-28-11-5-10-23-21(26)13-24-18-12-16(8-9-20(18)30-15-22(24)27)19(25)14-29-17-6-3-2-4-7-17/h2-4,6-9,12H,5,10-11,13-15H2,1H3,(H,23,26). The van der Waals surface area contributed by atoms with E-state index in [-0.39, 0.29) is 37.4 Å². The number of amides is 2. The molecule has 0 fully saturated rings. The van der Waals surface area contributed by atoms with Crippen molar-refractivity contribution in [3.05, 3.63) is 54.1 Å². The van der Waals surface area contributed by atoms with Gasteiger partial charge in [-0.1, -0.05) is 18.2 Å². The maximum Gasteiger partial charge on any atom is 0.265 e. The number of ketones is 1. The molecule has 0 aromatic heterocycles. The number of carbonyl (C=O) groups is 3. The highest BCUT2D eigenvalue weighted by molar-refractivity contribution is 6.04. The second-order valence-corrected chi connectivity index (χ2v) is 6.67. The lowest BCUT2D eigenvalue weighted by molar-refractivity contribution is -0.125. The predicted octanol–water partition coefficient (Wildman–Crippen LogP) is 1.83. The Bertz CT molecular complexity index is 900. The monoisotopic (exact) mass is 412 g/mol. The normalized spacial score (nSPS) is 12.7. The molecule has 0 radical (unpaired) electrons. The molecule has 1 heterocycles. The number of hydrogen-bond acceptors (Lipinski definition) is 6. The fraction of sp³-hybridized carbons (Fsp3) is 0.318. The van der Waals surface area contributed by atoms with Crippen LogP contribution in [-0.4, -0.2) is 57.6 Å². The summed E-state index contributed by atoms with van der Waals surface area (Å²) in [4.78, 5) is 38.5. The van der Waals surface area contributed by atoms with Gasteiger partial charge in [-0.05, 0) is 36.8 Å². The Morgan fingerprint density at radius 3 is 2.73 bits per heavy atom. The third-order valence-electron chi connectivity index (χ3n) is 4.49. The Morgan fingerprint density at radius 2 is 1.97 bits per heavy atom. The van der Waals surface area contributed by atoms with Crippen molar-refractivity contribution in [1.29, 1.82) is 0 Å². The molecule has 0 spiro atoms. The van der Waals surface area contributed by atoms with E-state index < -0.39 is 0 Å². The van der Waals surface area contributed by atoms with Crippen molar-refractivity contribution < 1.29 is 28.6 Å². The molecule has 2 aromatic rings. The van der Waals surface area contributed by atoms with Crippen LogP contribution in [0.25, 0.3) is 0 Å². The van der Waals surface area contributed by atoms with E-state index in [9.17, 15) is 14.4 Å². The van der Waals surface area contributed by atoms with E-state index in [4.69, 9.17) is 14.2 Å². The molecule has 0 saturated heterocycles. The summed E-state index contributed by atoms with van der Waals surface area (Å²) in [6.07, 6.45) is 0.677. The van der Waals surface area contributed by atoms with E-state index in [0.717, 1.165) is 0 Å². The van der Waals surface area contributed by atoms with Crippen LogP contribution in [0.15, 0.2) is 48.5 Å². The van der Waals surface area contributed by atoms with E-state index in [2.05, 4.69) is 5.32 Å². The molecule has 0 atom stereocenters. The Labute approximate surface area is 174 Å². The molecule has 2 aromatic carbocycles. The van der Waals surface area contributed by atoms with Gasteiger partial charge in [-0.2, -0.15) is 0 Å². The van der Waals surface area contributed by atoms with Crippen LogP contribution in [0.3, 0.4) is 0 Å². The lowest BCUT2D eigenvalue weighted by Gasteiger charge is -2.29. The Balaban J connectivity index is 1.68. The predicted molar refractivity (Wildman–Crippen MR) is 110 cm³/mol. The van der Waals surface area contributed by atoms with Crippen molar-refractivity contribution in [3.63, 3.8) is 0 Å². The van der Waals surface area contributed by atoms with E-state index in [1.807, 2.05) is 18.2 Å². The Hall–Kier alpha value is -3.39. The smallest absolute Gasteiger partial charge is 0.265 e. The molecule has 8 heteroatoms. The van der Waals surface area contributed by atoms with E-state index in [1.54, 1.807) is 37.4 Å². The van der Waals surface area contributed by atoms with Crippen LogP contribution in [0.5, 0.6) is 11.5 Å². The highest BCUT2D eigenvalue weighted by atomic mass is 16.5. The number of carbonyl (C=O) groups excluding carboxylic acids is 3. The number of ether oxygens (including phenoxy) is 3. The lowest BCUT2D eigenvalue weighted by Crippen LogP contribution is -2.45. The molecular formula is C22H24N2O6. The van der Waals surface area contributed by atoms with Crippen LogP contribution in [0.4, 0.5) is 5.69 Å². The zero-order valence-electron chi connectivity index (χ0n) is 16.8. The van der Waals surface area contributed by atoms with Gasteiger partial charge in [0.15, 0.2) is 19.0 Å². The average molecular weight is 412 g/mol. The third kappa shape index (κ3) is 5.57. The Morgan fingerprint density at radius 1 is 1.17 bits per heavy atom. The summed E-state index contributed by atoms with van der Waals surface area (Å²) in [6.45, 7) is 0.538. The first-order valence-corrected chi connectivity index (χ1v) is 9.62. The second kappa shape index (κ2) is 10.4. The van der Waals surface area contributed by atoms with Crippen molar-refractivity contribution in [2.45, 2.75) is 6.42 Å². The maximum absolute atomic E-state index is 12.6. The van der Waals surface area contributed by atoms with Crippen molar-refractivity contribution in [2.24, 2.45) is 0 Å². The number of hydrogen-bond donors (Lipinski definition) is 1. The topological polar surface area (TPSA) is 94.2 Å². The van der Waals surface area contributed by atoms with Crippen LogP contribution in [0, 0.1) is 0 Å². The second-order valence-electron chi connectivity index (χ2n) is 6.67. The molecule has 0 saturated carbocycles. The number of methoxy groups -OCH3 is 1. The number of nitrogens with one attached hydrogen (secondary N) is 1. The molecule has 0 aliphatic carbocycles. The maximum atomic E-state index is 12.6. The average Bonchev–Trinajstić information content (AvgIpc) is 2.77. The molecule has 1 N–H and O–H groups in total. The minimum absolute atomic E-state index is 0.141. The number of Topliss-reactive ketones (excluding diaryl/α,β-unsaturated/α-hetero) is 1. The molecule has 8 nitrogen and oxygen atoms in total. The molecular weight excluding hydrogens is 388 g/mol. The van der Waals surface area contributed by atoms with E-state index in [0.29, 0.717) is 42.3 Å². The zero-order valence-corrected chi connectivity index (χ0v) is 16.8. The molecule has 158 valence electrons. The summed E-state index contributed by atoms with van der Waals surface area (Å²) in [5.74, 6) is 0.149. The zero-order chi connectivity index (χ0) is 21.3. The molecule has 0 unspecified atom stereocenters. The van der Waals surface area contributed by atoms with E-state index in [1.165, 1.54) is 4.90 Å². The van der Waals surface area contributed by atoms with Gasteiger partial charge in [0.25, 0.3) is 5.91 Å². The summed E-state index contributed by atoms with van der Waals surface area (Å²) in [5, 5.41) is 2.75. The van der Waals surface area contributed by atoms with Crippen molar-refractivity contribution in [1.82, 2.24) is 5.32 Å². The van der Waals surface area contributed by atoms with Crippen LogP contribution in [-0.2, 0) is 14.3 Å². The largest absolute Gasteiger partial charge is 0.485 e. The number of anilines is 1. The van der Waals surface area contributed by atoms with Gasteiger partial charge in [0.05, 0.1) is 5.69 Å². The minimum atomic E-state index is -0.348. The molecule has 1 aliphatic heterocycles. The molecule has 30 heavy (non-hydrogen) atoms. The minimum Gasteiger partial charge on any atom is -0.485 e. The summed E-state index contributed by atoms with van der Waals surface area (Å²) in [6, 6.07) is 13.8. The van der Waals surface area contributed by atoms with Crippen LogP contribution in [0.1, 0.15) is 16.8 Å². The fourth-order valence-corrected chi connectivity index (χ4v) is 2.94. The van der Waals surface area contributed by atoms with E-state index >= 15 is 0 Å². The highest BCUT2D eigenvalue weighted by Crippen LogP contribution is 2.33. The number of nitrogens with zero attached hydrogens (tertiary/aromatic N) is 1. The van der Waals surface area contributed by atoms with Crippen molar-refractivity contribution in [2.75, 3.05) is 44.9 Å².